The second-order valence-corrected chi connectivity index (χ2v) is 6.21. The molecule has 0 aliphatic carbocycles. The summed E-state index contributed by atoms with van der Waals surface area (Å²) >= 11 is 0. The molecule has 0 amide bonds. The van der Waals surface area contributed by atoms with Crippen molar-refractivity contribution in [3.8, 4) is 0 Å². The predicted molar refractivity (Wildman–Crippen MR) is 76.1 cm³/mol. The van der Waals surface area contributed by atoms with E-state index in [0.29, 0.717) is 18.7 Å². The Balaban J connectivity index is 2.66. The van der Waals surface area contributed by atoms with Crippen LogP contribution in [0.25, 0.3) is 0 Å². The van der Waals surface area contributed by atoms with Crippen molar-refractivity contribution in [2.24, 2.45) is 5.73 Å². The van der Waals surface area contributed by atoms with Crippen molar-refractivity contribution in [1.82, 2.24) is 0 Å². The van der Waals surface area contributed by atoms with Gasteiger partial charge >= 0.3 is 0 Å². The summed E-state index contributed by atoms with van der Waals surface area (Å²) in [4.78, 5) is 0. The minimum absolute atomic E-state index is 0.177. The minimum Gasteiger partial charge on any atom is -0.330 e. The molecule has 0 aromatic heterocycles. The van der Waals surface area contributed by atoms with Crippen molar-refractivity contribution in [2.75, 3.05) is 17.0 Å². The molecule has 0 radical (unpaired) electrons. The van der Waals surface area contributed by atoms with Crippen molar-refractivity contribution in [1.29, 1.82) is 0 Å². The van der Waals surface area contributed by atoms with Crippen LogP contribution in [0.1, 0.15) is 31.7 Å². The number of benzene rings is 1. The molecule has 1 aromatic rings. The molecule has 18 heavy (non-hydrogen) atoms. The first-order chi connectivity index (χ1) is 8.57. The maximum atomic E-state index is 11.8. The summed E-state index contributed by atoms with van der Waals surface area (Å²) in [6, 6.07) is 7.50. The van der Waals surface area contributed by atoms with Gasteiger partial charge in [0.2, 0.25) is 10.0 Å². The lowest BCUT2D eigenvalue weighted by molar-refractivity contribution is 0.598. The van der Waals surface area contributed by atoms with Crippen molar-refractivity contribution in [2.45, 2.75) is 32.6 Å². The zero-order chi connectivity index (χ0) is 13.4. The average molecular weight is 270 g/mol. The summed E-state index contributed by atoms with van der Waals surface area (Å²) in [7, 11) is -3.21. The summed E-state index contributed by atoms with van der Waals surface area (Å²) in [6.45, 7) is 2.62. The molecule has 0 aliphatic heterocycles. The molecule has 0 saturated carbocycles. The third-order valence-electron chi connectivity index (χ3n) is 2.64. The van der Waals surface area contributed by atoms with E-state index in [0.717, 1.165) is 24.8 Å². The van der Waals surface area contributed by atoms with Crippen LogP contribution >= 0.6 is 0 Å². The van der Waals surface area contributed by atoms with Gasteiger partial charge in [0.1, 0.15) is 0 Å². The molecule has 0 unspecified atom stereocenters. The molecule has 1 aromatic carbocycles. The Kier molecular flexibility index (Phi) is 6.15. The van der Waals surface area contributed by atoms with Crippen LogP contribution in [-0.2, 0) is 16.4 Å². The molecular formula is C13H22N2O2S. The first-order valence-electron chi connectivity index (χ1n) is 6.37. The van der Waals surface area contributed by atoms with Crippen LogP contribution in [0.2, 0.25) is 0 Å². The Morgan fingerprint density at radius 2 is 2.06 bits per heavy atom. The van der Waals surface area contributed by atoms with Gasteiger partial charge in [-0.3, -0.25) is 4.72 Å². The topological polar surface area (TPSA) is 72.2 Å². The molecule has 4 nitrogen and oxygen atoms in total. The third kappa shape index (κ3) is 5.51. The maximum absolute atomic E-state index is 11.8. The molecule has 1 rings (SSSR count). The fourth-order valence-electron chi connectivity index (χ4n) is 1.66. The lowest BCUT2D eigenvalue weighted by Gasteiger charge is -2.09. The van der Waals surface area contributed by atoms with Gasteiger partial charge in [-0.05, 0) is 43.5 Å². The Bertz CT molecular complexity index is 458. The highest BCUT2D eigenvalue weighted by Gasteiger charge is 2.09. The smallest absolute Gasteiger partial charge is 0.232 e. The molecule has 0 atom stereocenters. The molecule has 0 saturated heterocycles. The zero-order valence-electron chi connectivity index (χ0n) is 10.9. The van der Waals surface area contributed by atoms with Crippen LogP contribution in [0.4, 0.5) is 5.69 Å². The Hall–Kier alpha value is -1.07. The molecule has 0 heterocycles. The summed E-state index contributed by atoms with van der Waals surface area (Å²) in [5.74, 6) is 0.177. The van der Waals surface area contributed by atoms with Gasteiger partial charge in [0.05, 0.1) is 5.75 Å². The van der Waals surface area contributed by atoms with Gasteiger partial charge in [0.25, 0.3) is 0 Å². The third-order valence-corrected chi connectivity index (χ3v) is 4.01. The SMILES string of the molecule is CCCCS(=O)(=O)Nc1cccc(CCCN)c1. The van der Waals surface area contributed by atoms with Gasteiger partial charge in [0.15, 0.2) is 0 Å². The minimum atomic E-state index is -3.21. The van der Waals surface area contributed by atoms with Crippen LogP contribution in [0, 0.1) is 0 Å². The van der Waals surface area contributed by atoms with E-state index in [-0.39, 0.29) is 5.75 Å². The highest BCUT2D eigenvalue weighted by atomic mass is 32.2. The number of aryl methyl sites for hydroxylation is 1. The van der Waals surface area contributed by atoms with Crippen molar-refractivity contribution in [3.63, 3.8) is 0 Å². The number of hydrogen-bond acceptors (Lipinski definition) is 3. The summed E-state index contributed by atoms with van der Waals surface area (Å²) in [5, 5.41) is 0. The number of rotatable bonds is 8. The highest BCUT2D eigenvalue weighted by Crippen LogP contribution is 2.14. The number of nitrogens with one attached hydrogen (secondary N) is 1. The molecule has 0 aliphatic rings. The largest absolute Gasteiger partial charge is 0.330 e. The van der Waals surface area contributed by atoms with E-state index in [1.807, 2.05) is 25.1 Å². The van der Waals surface area contributed by atoms with E-state index in [1.165, 1.54) is 0 Å². The van der Waals surface area contributed by atoms with Crippen molar-refractivity contribution in [3.05, 3.63) is 29.8 Å². The Labute approximate surface area is 110 Å². The van der Waals surface area contributed by atoms with Gasteiger partial charge in [0, 0.05) is 5.69 Å². The van der Waals surface area contributed by atoms with Gasteiger partial charge < -0.3 is 5.73 Å². The molecule has 0 spiro atoms. The van der Waals surface area contributed by atoms with E-state index < -0.39 is 10.0 Å². The monoisotopic (exact) mass is 270 g/mol. The molecule has 102 valence electrons. The average Bonchev–Trinajstić information content (AvgIpc) is 2.34. The second-order valence-electron chi connectivity index (χ2n) is 4.37. The zero-order valence-corrected chi connectivity index (χ0v) is 11.7. The number of unbranched alkanes of at least 4 members (excludes halogenated alkanes) is 1. The van der Waals surface area contributed by atoms with Crippen LogP contribution in [-0.4, -0.2) is 20.7 Å². The van der Waals surface area contributed by atoms with E-state index in [2.05, 4.69) is 4.72 Å². The second kappa shape index (κ2) is 7.38. The van der Waals surface area contributed by atoms with Gasteiger partial charge in [-0.1, -0.05) is 25.5 Å². The number of hydrogen-bond donors (Lipinski definition) is 2. The van der Waals surface area contributed by atoms with E-state index in [9.17, 15) is 8.42 Å². The number of sulfonamides is 1. The molecule has 5 heteroatoms. The molecule has 0 bridgehead atoms. The predicted octanol–water partition coefficient (Wildman–Crippen LogP) is 2.12. The Morgan fingerprint density at radius 3 is 2.72 bits per heavy atom. The molecule has 0 fully saturated rings. The van der Waals surface area contributed by atoms with E-state index >= 15 is 0 Å². The van der Waals surface area contributed by atoms with E-state index in [1.54, 1.807) is 6.07 Å². The summed E-state index contributed by atoms with van der Waals surface area (Å²) < 4.78 is 26.1. The standard InChI is InChI=1S/C13H22N2O2S/c1-2-3-10-18(16,17)15-13-8-4-6-12(11-13)7-5-9-14/h4,6,8,11,15H,2-3,5,7,9-10,14H2,1H3. The normalized spacial score (nSPS) is 11.4. The molecular weight excluding hydrogens is 248 g/mol. The molecule has 3 N–H and O–H groups in total. The van der Waals surface area contributed by atoms with Crippen molar-refractivity contribution < 1.29 is 8.42 Å². The lowest BCUT2D eigenvalue weighted by Crippen LogP contribution is -2.16. The van der Waals surface area contributed by atoms with Crippen LogP contribution in [0.15, 0.2) is 24.3 Å². The van der Waals surface area contributed by atoms with Crippen LogP contribution in [0.3, 0.4) is 0 Å². The number of anilines is 1. The fraction of sp³-hybridized carbons (Fsp3) is 0.538. The summed E-state index contributed by atoms with van der Waals surface area (Å²) in [6.07, 6.45) is 3.34. The maximum Gasteiger partial charge on any atom is 0.232 e. The quantitative estimate of drug-likeness (QED) is 0.760. The number of nitrogens with two attached hydrogens (primary N) is 1. The van der Waals surface area contributed by atoms with Crippen molar-refractivity contribution >= 4 is 15.7 Å². The Morgan fingerprint density at radius 1 is 1.28 bits per heavy atom. The highest BCUT2D eigenvalue weighted by molar-refractivity contribution is 7.92. The van der Waals surface area contributed by atoms with E-state index in [4.69, 9.17) is 5.73 Å². The first-order valence-corrected chi connectivity index (χ1v) is 8.02. The lowest BCUT2D eigenvalue weighted by atomic mass is 10.1. The first kappa shape index (κ1) is 15.0. The fourth-order valence-corrected chi connectivity index (χ4v) is 2.92. The van der Waals surface area contributed by atoms with Gasteiger partial charge in [-0.2, -0.15) is 0 Å². The van der Waals surface area contributed by atoms with Gasteiger partial charge in [-0.15, -0.1) is 0 Å². The van der Waals surface area contributed by atoms with Crippen LogP contribution in [0.5, 0.6) is 0 Å². The van der Waals surface area contributed by atoms with Gasteiger partial charge in [-0.25, -0.2) is 8.42 Å². The van der Waals surface area contributed by atoms with Crippen LogP contribution < -0.4 is 10.5 Å². The summed E-state index contributed by atoms with van der Waals surface area (Å²) in [5.41, 5.74) is 7.21.